The maximum Gasteiger partial charge on any atom is 0.260 e. The summed E-state index contributed by atoms with van der Waals surface area (Å²) < 4.78 is 7.31. The molecule has 3 aromatic rings. The molecule has 1 aliphatic heterocycles. The molecule has 4 rings (SSSR count). The first-order valence-electron chi connectivity index (χ1n) is 8.79. The molecular weight excluding hydrogens is 366 g/mol. The van der Waals surface area contributed by atoms with Gasteiger partial charge in [-0.15, -0.1) is 0 Å². The molecule has 1 aliphatic rings. The SMILES string of the molecule is Cc1cc(=O)c(OCC(=O)N2CCc3[nH]c4ccc(Cl)cc4c3C2)cn1C. The number of rotatable bonds is 3. The van der Waals surface area contributed by atoms with Gasteiger partial charge in [0, 0.05) is 71.7 Å². The highest BCUT2D eigenvalue weighted by molar-refractivity contribution is 6.31. The van der Waals surface area contributed by atoms with Gasteiger partial charge in [-0.25, -0.2) is 0 Å². The zero-order valence-corrected chi connectivity index (χ0v) is 16.0. The number of hydrogen-bond donors (Lipinski definition) is 1. The van der Waals surface area contributed by atoms with Crippen molar-refractivity contribution in [3.63, 3.8) is 0 Å². The predicted octanol–water partition coefficient (Wildman–Crippen LogP) is 2.79. The Morgan fingerprint density at radius 1 is 1.33 bits per heavy atom. The van der Waals surface area contributed by atoms with E-state index in [9.17, 15) is 9.59 Å². The zero-order chi connectivity index (χ0) is 19.1. The molecule has 0 saturated heterocycles. The number of H-pyrrole nitrogens is 1. The molecule has 1 amide bonds. The number of aryl methyl sites for hydroxylation is 2. The summed E-state index contributed by atoms with van der Waals surface area (Å²) >= 11 is 6.13. The molecule has 1 aromatic carbocycles. The minimum absolute atomic E-state index is 0.139. The highest BCUT2D eigenvalue weighted by Crippen LogP contribution is 2.29. The van der Waals surface area contributed by atoms with Crippen molar-refractivity contribution in [3.05, 3.63) is 62.7 Å². The van der Waals surface area contributed by atoms with Crippen molar-refractivity contribution in [2.75, 3.05) is 13.2 Å². The van der Waals surface area contributed by atoms with Crippen molar-refractivity contribution >= 4 is 28.4 Å². The van der Waals surface area contributed by atoms with Gasteiger partial charge in [0.15, 0.2) is 12.4 Å². The van der Waals surface area contributed by atoms with Crippen LogP contribution in [0.5, 0.6) is 5.75 Å². The summed E-state index contributed by atoms with van der Waals surface area (Å²) in [5.74, 6) is 0.0488. The predicted molar refractivity (Wildman–Crippen MR) is 104 cm³/mol. The van der Waals surface area contributed by atoms with Crippen LogP contribution in [-0.4, -0.2) is 33.5 Å². The Labute approximate surface area is 161 Å². The van der Waals surface area contributed by atoms with Crippen LogP contribution in [0.25, 0.3) is 10.9 Å². The largest absolute Gasteiger partial charge is 0.478 e. The fourth-order valence-electron chi connectivity index (χ4n) is 3.44. The van der Waals surface area contributed by atoms with Crippen molar-refractivity contribution in [1.82, 2.24) is 14.5 Å². The maximum atomic E-state index is 12.6. The first-order valence-corrected chi connectivity index (χ1v) is 9.17. The zero-order valence-electron chi connectivity index (χ0n) is 15.2. The number of nitrogens with one attached hydrogen (secondary N) is 1. The minimum Gasteiger partial charge on any atom is -0.478 e. The average Bonchev–Trinajstić information content (AvgIpc) is 3.00. The fourth-order valence-corrected chi connectivity index (χ4v) is 3.61. The van der Waals surface area contributed by atoms with Gasteiger partial charge in [0.25, 0.3) is 5.91 Å². The van der Waals surface area contributed by atoms with Crippen molar-refractivity contribution < 1.29 is 9.53 Å². The molecule has 0 unspecified atom stereocenters. The van der Waals surface area contributed by atoms with Crippen molar-refractivity contribution in [2.45, 2.75) is 19.9 Å². The summed E-state index contributed by atoms with van der Waals surface area (Å²) in [5, 5.41) is 1.72. The number of aromatic nitrogens is 2. The number of fused-ring (bicyclic) bond motifs is 3. The second-order valence-corrected chi connectivity index (χ2v) is 7.32. The van der Waals surface area contributed by atoms with E-state index >= 15 is 0 Å². The van der Waals surface area contributed by atoms with Crippen molar-refractivity contribution in [1.29, 1.82) is 0 Å². The molecule has 1 N–H and O–H groups in total. The molecule has 140 valence electrons. The Bertz CT molecular complexity index is 1100. The van der Waals surface area contributed by atoms with Crippen LogP contribution in [0.15, 0.2) is 35.3 Å². The molecule has 0 bridgehead atoms. The number of carbonyl (C=O) groups is 1. The Balaban J connectivity index is 1.50. The van der Waals surface area contributed by atoms with Crippen LogP contribution >= 0.6 is 11.6 Å². The van der Waals surface area contributed by atoms with E-state index < -0.39 is 0 Å². The summed E-state index contributed by atoms with van der Waals surface area (Å²) in [5.41, 5.74) is 3.88. The normalized spacial score (nSPS) is 13.7. The van der Waals surface area contributed by atoms with Crippen molar-refractivity contribution in [3.8, 4) is 5.75 Å². The molecule has 0 spiro atoms. The standard InChI is InChI=1S/C20H20ClN3O3/c1-12-7-18(25)19(10-23(12)2)27-11-20(26)24-6-5-17-15(9-24)14-8-13(21)3-4-16(14)22-17/h3-4,7-8,10,22H,5-6,9,11H2,1-2H3. The summed E-state index contributed by atoms with van der Waals surface area (Å²) in [6, 6.07) is 7.23. The first kappa shape index (κ1) is 17.7. The number of ether oxygens (including phenoxy) is 1. The Morgan fingerprint density at radius 2 is 2.15 bits per heavy atom. The summed E-state index contributed by atoms with van der Waals surface area (Å²) in [6.07, 6.45) is 2.36. The van der Waals surface area contributed by atoms with E-state index in [-0.39, 0.29) is 23.7 Å². The monoisotopic (exact) mass is 385 g/mol. The number of carbonyl (C=O) groups excluding carboxylic acids is 1. The van der Waals surface area contributed by atoms with Crippen LogP contribution in [0, 0.1) is 6.92 Å². The van der Waals surface area contributed by atoms with Gasteiger partial charge in [0.2, 0.25) is 5.43 Å². The molecule has 7 heteroatoms. The van der Waals surface area contributed by atoms with Gasteiger partial charge in [-0.2, -0.15) is 0 Å². The summed E-state index contributed by atoms with van der Waals surface area (Å²) in [6.45, 7) is 2.80. The average molecular weight is 386 g/mol. The molecule has 2 aromatic heterocycles. The van der Waals surface area contributed by atoms with E-state index in [0.29, 0.717) is 18.1 Å². The molecule has 27 heavy (non-hydrogen) atoms. The Kier molecular flexibility index (Phi) is 4.44. The molecular formula is C20H20ClN3O3. The topological polar surface area (TPSA) is 67.3 Å². The fraction of sp³-hybridized carbons (Fsp3) is 0.300. The quantitative estimate of drug-likeness (QED) is 0.753. The molecule has 6 nitrogen and oxygen atoms in total. The lowest BCUT2D eigenvalue weighted by Crippen LogP contribution is -2.39. The van der Waals surface area contributed by atoms with Crippen LogP contribution in [0.2, 0.25) is 5.02 Å². The number of benzene rings is 1. The van der Waals surface area contributed by atoms with Gasteiger partial charge in [-0.3, -0.25) is 9.59 Å². The lowest BCUT2D eigenvalue weighted by molar-refractivity contribution is -0.134. The van der Waals surface area contributed by atoms with Crippen LogP contribution < -0.4 is 10.2 Å². The highest BCUT2D eigenvalue weighted by Gasteiger charge is 2.24. The number of nitrogens with zero attached hydrogens (tertiary/aromatic N) is 2. The van der Waals surface area contributed by atoms with E-state index in [1.165, 1.54) is 6.07 Å². The van der Waals surface area contributed by atoms with Gasteiger partial charge >= 0.3 is 0 Å². The van der Waals surface area contributed by atoms with Gasteiger partial charge in [0.05, 0.1) is 0 Å². The van der Waals surface area contributed by atoms with E-state index in [4.69, 9.17) is 16.3 Å². The third-order valence-electron chi connectivity index (χ3n) is 5.09. The number of hydrogen-bond acceptors (Lipinski definition) is 3. The van der Waals surface area contributed by atoms with Crippen LogP contribution in [0.4, 0.5) is 0 Å². The molecule has 3 heterocycles. The van der Waals surface area contributed by atoms with E-state index in [1.54, 1.807) is 15.7 Å². The smallest absolute Gasteiger partial charge is 0.260 e. The van der Waals surface area contributed by atoms with E-state index in [1.807, 2.05) is 32.2 Å². The molecule has 0 fully saturated rings. The minimum atomic E-state index is -0.217. The van der Waals surface area contributed by atoms with Crippen LogP contribution in [0.1, 0.15) is 17.0 Å². The number of aromatic amines is 1. The second kappa shape index (κ2) is 6.78. The summed E-state index contributed by atoms with van der Waals surface area (Å²) in [4.78, 5) is 29.8. The van der Waals surface area contributed by atoms with Gasteiger partial charge < -0.3 is 19.2 Å². The molecule has 0 saturated carbocycles. The molecule has 0 atom stereocenters. The number of amides is 1. The lowest BCUT2D eigenvalue weighted by Gasteiger charge is -2.27. The molecule has 0 radical (unpaired) electrons. The van der Waals surface area contributed by atoms with E-state index in [0.717, 1.165) is 34.3 Å². The van der Waals surface area contributed by atoms with Crippen LogP contribution in [-0.2, 0) is 24.8 Å². The Morgan fingerprint density at radius 3 is 2.96 bits per heavy atom. The van der Waals surface area contributed by atoms with E-state index in [2.05, 4.69) is 4.98 Å². The van der Waals surface area contributed by atoms with Gasteiger partial charge in [-0.1, -0.05) is 11.6 Å². The first-order chi connectivity index (χ1) is 12.9. The number of halogens is 1. The maximum absolute atomic E-state index is 12.6. The summed E-state index contributed by atoms with van der Waals surface area (Å²) in [7, 11) is 1.83. The van der Waals surface area contributed by atoms with Crippen LogP contribution in [0.3, 0.4) is 0 Å². The second-order valence-electron chi connectivity index (χ2n) is 6.88. The highest BCUT2D eigenvalue weighted by atomic mass is 35.5. The molecule has 0 aliphatic carbocycles. The number of pyridine rings is 1. The Hall–Kier alpha value is -2.73. The third-order valence-corrected chi connectivity index (χ3v) is 5.33. The van der Waals surface area contributed by atoms with Crippen molar-refractivity contribution in [2.24, 2.45) is 7.05 Å². The van der Waals surface area contributed by atoms with Gasteiger partial charge in [-0.05, 0) is 25.1 Å². The lowest BCUT2D eigenvalue weighted by atomic mass is 10.0. The van der Waals surface area contributed by atoms with Gasteiger partial charge in [0.1, 0.15) is 0 Å². The third kappa shape index (κ3) is 3.32.